The first-order valence-corrected chi connectivity index (χ1v) is 8.10. The summed E-state index contributed by atoms with van der Waals surface area (Å²) in [6, 6.07) is 9.13. The number of nitrogens with zero attached hydrogens (tertiary/aromatic N) is 3. The zero-order valence-corrected chi connectivity index (χ0v) is 14.6. The van der Waals surface area contributed by atoms with Gasteiger partial charge in [-0.25, -0.2) is 0 Å². The number of nitrogens with one attached hydrogen (secondary N) is 1. The molecular weight excluding hydrogens is 320 g/mol. The van der Waals surface area contributed by atoms with E-state index in [1.807, 2.05) is 44.2 Å². The lowest BCUT2D eigenvalue weighted by Gasteiger charge is -2.18. The molecule has 0 aliphatic carbocycles. The first kappa shape index (κ1) is 16.9. The summed E-state index contributed by atoms with van der Waals surface area (Å²) in [4.78, 5) is 17.1. The molecule has 1 atom stereocenters. The van der Waals surface area contributed by atoms with Gasteiger partial charge in [0.25, 0.3) is 5.91 Å². The number of carbonyl (C=O) groups is 1. The van der Waals surface area contributed by atoms with Gasteiger partial charge in [-0.1, -0.05) is 54.5 Å². The van der Waals surface area contributed by atoms with Gasteiger partial charge in [0.05, 0.1) is 5.69 Å². The maximum Gasteiger partial charge on any atom is 0.257 e. The molecule has 0 fully saturated rings. The Morgan fingerprint density at radius 2 is 1.80 bits per heavy atom. The molecule has 0 spiro atoms. The predicted molar refractivity (Wildman–Crippen MR) is 90.8 cm³/mol. The van der Waals surface area contributed by atoms with Gasteiger partial charge in [0.15, 0.2) is 0 Å². The van der Waals surface area contributed by atoms with E-state index >= 15 is 0 Å². The summed E-state index contributed by atoms with van der Waals surface area (Å²) in [5, 5.41) is 10.8. The molecule has 0 bridgehead atoms. The zero-order valence-electron chi connectivity index (χ0n) is 14.6. The SMILES string of the molecule is Cc1noc(C)c1C(=O)N[C@@H](c1nc(-c2ccccc2)no1)C(C)C. The molecule has 1 N–H and O–H groups in total. The molecule has 25 heavy (non-hydrogen) atoms. The molecule has 2 heterocycles. The Hall–Kier alpha value is -2.96. The van der Waals surface area contributed by atoms with E-state index in [2.05, 4.69) is 20.6 Å². The molecule has 1 aromatic carbocycles. The van der Waals surface area contributed by atoms with Gasteiger partial charge in [-0.3, -0.25) is 4.79 Å². The summed E-state index contributed by atoms with van der Waals surface area (Å²) in [5.74, 6) is 1.14. The summed E-state index contributed by atoms with van der Waals surface area (Å²) in [5.41, 5.74) is 1.85. The Morgan fingerprint density at radius 3 is 2.40 bits per heavy atom. The largest absolute Gasteiger partial charge is 0.361 e. The van der Waals surface area contributed by atoms with Gasteiger partial charge >= 0.3 is 0 Å². The Balaban J connectivity index is 1.85. The molecule has 0 unspecified atom stereocenters. The van der Waals surface area contributed by atoms with Crippen LogP contribution in [0.3, 0.4) is 0 Å². The number of hydrogen-bond donors (Lipinski definition) is 1. The van der Waals surface area contributed by atoms with Crippen molar-refractivity contribution in [2.24, 2.45) is 5.92 Å². The second-order valence-corrected chi connectivity index (χ2v) is 6.22. The predicted octanol–water partition coefficient (Wildman–Crippen LogP) is 3.47. The number of aromatic nitrogens is 3. The number of benzene rings is 1. The van der Waals surface area contributed by atoms with E-state index in [1.165, 1.54) is 0 Å². The van der Waals surface area contributed by atoms with Gasteiger partial charge in [-0.15, -0.1) is 0 Å². The fourth-order valence-electron chi connectivity index (χ4n) is 2.60. The van der Waals surface area contributed by atoms with E-state index < -0.39 is 6.04 Å². The number of aryl methyl sites for hydroxylation is 2. The van der Waals surface area contributed by atoms with E-state index in [0.29, 0.717) is 28.7 Å². The summed E-state index contributed by atoms with van der Waals surface area (Å²) in [6.45, 7) is 7.39. The number of amides is 1. The Morgan fingerprint density at radius 1 is 1.08 bits per heavy atom. The smallest absolute Gasteiger partial charge is 0.257 e. The highest BCUT2D eigenvalue weighted by Crippen LogP contribution is 2.24. The van der Waals surface area contributed by atoms with Crippen LogP contribution >= 0.6 is 0 Å². The maximum absolute atomic E-state index is 12.6. The minimum atomic E-state index is -0.411. The number of rotatable bonds is 5. The quantitative estimate of drug-likeness (QED) is 0.764. The zero-order chi connectivity index (χ0) is 18.0. The van der Waals surface area contributed by atoms with Crippen molar-refractivity contribution in [1.29, 1.82) is 0 Å². The molecule has 1 amide bonds. The molecule has 3 rings (SSSR count). The Bertz CT molecular complexity index is 848. The number of hydrogen-bond acceptors (Lipinski definition) is 6. The molecule has 0 saturated carbocycles. The van der Waals surface area contributed by atoms with Crippen LogP contribution in [-0.4, -0.2) is 21.2 Å². The molecule has 0 aliphatic heterocycles. The van der Waals surface area contributed by atoms with Crippen molar-refractivity contribution in [3.05, 3.63) is 53.2 Å². The van der Waals surface area contributed by atoms with Gasteiger partial charge in [0.1, 0.15) is 17.4 Å². The highest BCUT2D eigenvalue weighted by atomic mass is 16.5. The van der Waals surface area contributed by atoms with Crippen molar-refractivity contribution in [3.8, 4) is 11.4 Å². The summed E-state index contributed by atoms with van der Waals surface area (Å²) >= 11 is 0. The first-order valence-electron chi connectivity index (χ1n) is 8.10. The van der Waals surface area contributed by atoms with Crippen LogP contribution in [0.15, 0.2) is 39.4 Å². The fourth-order valence-corrected chi connectivity index (χ4v) is 2.60. The summed E-state index contributed by atoms with van der Waals surface area (Å²) < 4.78 is 10.5. The van der Waals surface area contributed by atoms with E-state index in [-0.39, 0.29) is 11.8 Å². The van der Waals surface area contributed by atoms with Crippen LogP contribution in [0.5, 0.6) is 0 Å². The third kappa shape index (κ3) is 3.45. The third-order valence-corrected chi connectivity index (χ3v) is 3.95. The van der Waals surface area contributed by atoms with Crippen molar-refractivity contribution in [3.63, 3.8) is 0 Å². The van der Waals surface area contributed by atoms with Crippen molar-refractivity contribution in [2.45, 2.75) is 33.7 Å². The fraction of sp³-hybridized carbons (Fsp3) is 0.333. The van der Waals surface area contributed by atoms with Crippen molar-refractivity contribution >= 4 is 5.91 Å². The minimum Gasteiger partial charge on any atom is -0.361 e. The molecule has 3 aromatic rings. The van der Waals surface area contributed by atoms with E-state index in [9.17, 15) is 4.79 Å². The van der Waals surface area contributed by atoms with E-state index in [4.69, 9.17) is 9.05 Å². The minimum absolute atomic E-state index is 0.0634. The monoisotopic (exact) mass is 340 g/mol. The molecule has 0 saturated heterocycles. The van der Waals surface area contributed by atoms with Crippen LogP contribution in [0.1, 0.15) is 47.6 Å². The molecule has 130 valence electrons. The van der Waals surface area contributed by atoms with Crippen molar-refractivity contribution < 1.29 is 13.8 Å². The molecule has 0 radical (unpaired) electrons. The molecular formula is C18H20N4O3. The normalized spacial score (nSPS) is 12.4. The van der Waals surface area contributed by atoms with Crippen LogP contribution in [0.4, 0.5) is 0 Å². The van der Waals surface area contributed by atoms with Gasteiger partial charge in [0, 0.05) is 5.56 Å². The van der Waals surface area contributed by atoms with Gasteiger partial charge in [-0.2, -0.15) is 4.98 Å². The highest BCUT2D eigenvalue weighted by molar-refractivity contribution is 5.96. The molecule has 7 heteroatoms. The lowest BCUT2D eigenvalue weighted by Crippen LogP contribution is -2.32. The van der Waals surface area contributed by atoms with E-state index in [0.717, 1.165) is 5.56 Å². The highest BCUT2D eigenvalue weighted by Gasteiger charge is 2.27. The Labute approximate surface area is 145 Å². The summed E-state index contributed by atoms with van der Waals surface area (Å²) in [7, 11) is 0. The second kappa shape index (κ2) is 6.88. The van der Waals surface area contributed by atoms with Crippen LogP contribution in [-0.2, 0) is 0 Å². The summed E-state index contributed by atoms with van der Waals surface area (Å²) in [6.07, 6.45) is 0. The lowest BCUT2D eigenvalue weighted by atomic mass is 10.0. The van der Waals surface area contributed by atoms with E-state index in [1.54, 1.807) is 13.8 Å². The Kier molecular flexibility index (Phi) is 4.65. The van der Waals surface area contributed by atoms with Crippen LogP contribution < -0.4 is 5.32 Å². The van der Waals surface area contributed by atoms with Crippen molar-refractivity contribution in [1.82, 2.24) is 20.6 Å². The van der Waals surface area contributed by atoms with Crippen molar-refractivity contribution in [2.75, 3.05) is 0 Å². The lowest BCUT2D eigenvalue weighted by molar-refractivity contribution is 0.0912. The average Bonchev–Trinajstić information content (AvgIpc) is 3.20. The number of carbonyl (C=O) groups excluding carboxylic acids is 1. The maximum atomic E-state index is 12.6. The first-order chi connectivity index (χ1) is 12.0. The molecule has 2 aromatic heterocycles. The van der Waals surface area contributed by atoms with Gasteiger partial charge < -0.3 is 14.4 Å². The van der Waals surface area contributed by atoms with Crippen LogP contribution in [0, 0.1) is 19.8 Å². The molecule has 7 nitrogen and oxygen atoms in total. The average molecular weight is 340 g/mol. The second-order valence-electron chi connectivity index (χ2n) is 6.22. The van der Waals surface area contributed by atoms with Crippen LogP contribution in [0.2, 0.25) is 0 Å². The third-order valence-electron chi connectivity index (χ3n) is 3.95. The topological polar surface area (TPSA) is 94.1 Å². The van der Waals surface area contributed by atoms with Gasteiger partial charge in [0.2, 0.25) is 11.7 Å². The van der Waals surface area contributed by atoms with Crippen LogP contribution in [0.25, 0.3) is 11.4 Å². The standard InChI is InChI=1S/C18H20N4O3/c1-10(2)15(19-17(23)14-11(3)21-24-12(14)4)18-20-16(22-25-18)13-8-6-5-7-9-13/h5-10,15H,1-4H3,(H,19,23)/t15-/m1/s1. The molecule has 0 aliphatic rings. The van der Waals surface area contributed by atoms with Gasteiger partial charge in [-0.05, 0) is 19.8 Å².